The SMILES string of the molecule is [2H]c1c([2H])c([2H])c(-c2nc(-c3ccc4c(c3)oc3cccc(-n5c6ccccc6c6ccccc65)c34)nc(-c3ccc4c(c3)sc3ccccc34)n2)c([2H])c1[2H]. The van der Waals surface area contributed by atoms with E-state index in [4.69, 9.17) is 26.2 Å². The molecule has 51 heavy (non-hydrogen) atoms. The first-order chi connectivity index (χ1) is 27.3. The number of nitrogens with zero attached hydrogens (tertiary/aromatic N) is 4. The van der Waals surface area contributed by atoms with Crippen molar-refractivity contribution in [2.75, 3.05) is 0 Å². The molecule has 11 aromatic rings. The average molecular weight is 676 g/mol. The fourth-order valence-corrected chi connectivity index (χ4v) is 8.43. The first-order valence-corrected chi connectivity index (χ1v) is 17.3. The van der Waals surface area contributed by atoms with E-state index in [0.717, 1.165) is 53.2 Å². The van der Waals surface area contributed by atoms with E-state index in [-0.39, 0.29) is 29.3 Å². The lowest BCUT2D eigenvalue weighted by Crippen LogP contribution is -2.00. The van der Waals surface area contributed by atoms with Gasteiger partial charge in [-0.3, -0.25) is 0 Å². The fraction of sp³-hybridized carbons (Fsp3) is 0. The summed E-state index contributed by atoms with van der Waals surface area (Å²) in [6.07, 6.45) is 0. The molecule has 0 saturated heterocycles. The maximum absolute atomic E-state index is 8.75. The van der Waals surface area contributed by atoms with Crippen molar-refractivity contribution in [3.8, 4) is 39.9 Å². The van der Waals surface area contributed by atoms with Crippen molar-refractivity contribution in [1.82, 2.24) is 19.5 Å². The third-order valence-corrected chi connectivity index (χ3v) is 10.7. The van der Waals surface area contributed by atoms with Gasteiger partial charge in [0.25, 0.3) is 0 Å². The highest BCUT2D eigenvalue weighted by atomic mass is 32.1. The van der Waals surface area contributed by atoms with E-state index in [1.54, 1.807) is 11.3 Å². The third kappa shape index (κ3) is 4.37. The number of hydrogen-bond donors (Lipinski definition) is 0. The van der Waals surface area contributed by atoms with Gasteiger partial charge in [-0.1, -0.05) is 109 Å². The summed E-state index contributed by atoms with van der Waals surface area (Å²) < 4.78 is 53.5. The summed E-state index contributed by atoms with van der Waals surface area (Å²) in [5, 5.41) is 6.50. The normalized spacial score (nSPS) is 13.3. The first kappa shape index (κ1) is 23.7. The van der Waals surface area contributed by atoms with Crippen LogP contribution in [0.4, 0.5) is 0 Å². The number of hydrogen-bond acceptors (Lipinski definition) is 5. The highest BCUT2D eigenvalue weighted by Gasteiger charge is 2.19. The number of rotatable bonds is 4. The molecule has 0 bridgehead atoms. The van der Waals surface area contributed by atoms with Crippen molar-refractivity contribution in [2.24, 2.45) is 0 Å². The molecule has 0 aliphatic rings. The summed E-state index contributed by atoms with van der Waals surface area (Å²) in [6.45, 7) is 0. The molecule has 6 heteroatoms. The van der Waals surface area contributed by atoms with Gasteiger partial charge in [0.2, 0.25) is 0 Å². The molecule has 0 spiro atoms. The predicted molar refractivity (Wildman–Crippen MR) is 211 cm³/mol. The molecule has 0 saturated carbocycles. The van der Waals surface area contributed by atoms with Crippen molar-refractivity contribution < 1.29 is 11.3 Å². The van der Waals surface area contributed by atoms with Gasteiger partial charge in [0, 0.05) is 53.0 Å². The van der Waals surface area contributed by atoms with E-state index in [1.165, 1.54) is 10.8 Å². The van der Waals surface area contributed by atoms with E-state index in [2.05, 4.69) is 71.3 Å². The summed E-state index contributed by atoms with van der Waals surface area (Å²) >= 11 is 1.67. The van der Waals surface area contributed by atoms with Gasteiger partial charge in [0.15, 0.2) is 17.5 Å². The minimum atomic E-state index is -0.482. The summed E-state index contributed by atoms with van der Waals surface area (Å²) in [5.74, 6) is 0.574. The third-order valence-electron chi connectivity index (χ3n) is 9.55. The van der Waals surface area contributed by atoms with Crippen LogP contribution in [-0.4, -0.2) is 19.5 Å². The predicted octanol–water partition coefficient (Wildman–Crippen LogP) is 12.2. The molecule has 0 fully saturated rings. The van der Waals surface area contributed by atoms with Gasteiger partial charge < -0.3 is 8.98 Å². The summed E-state index contributed by atoms with van der Waals surface area (Å²) in [6, 6.07) is 40.8. The van der Waals surface area contributed by atoms with Crippen molar-refractivity contribution in [3.63, 3.8) is 0 Å². The Balaban J connectivity index is 1.13. The van der Waals surface area contributed by atoms with E-state index in [9.17, 15) is 0 Å². The Labute approximate surface area is 302 Å². The Morgan fingerprint density at radius 1 is 0.490 bits per heavy atom. The van der Waals surface area contributed by atoms with Gasteiger partial charge in [-0.25, -0.2) is 15.0 Å². The minimum Gasteiger partial charge on any atom is -0.456 e. The van der Waals surface area contributed by atoms with Gasteiger partial charge in [-0.05, 0) is 48.5 Å². The van der Waals surface area contributed by atoms with Crippen LogP contribution in [0.15, 0.2) is 162 Å². The Morgan fingerprint density at radius 3 is 1.84 bits per heavy atom. The minimum absolute atomic E-state index is 0.0169. The number of aromatic nitrogens is 4. The van der Waals surface area contributed by atoms with Crippen molar-refractivity contribution in [1.29, 1.82) is 0 Å². The highest BCUT2D eigenvalue weighted by molar-refractivity contribution is 7.25. The molecule has 7 aromatic carbocycles. The van der Waals surface area contributed by atoms with Crippen LogP contribution < -0.4 is 0 Å². The smallest absolute Gasteiger partial charge is 0.164 e. The lowest BCUT2D eigenvalue weighted by atomic mass is 10.1. The zero-order valence-corrected chi connectivity index (χ0v) is 27.5. The Bertz CT molecular complexity index is 3380. The number of benzene rings is 7. The average Bonchev–Trinajstić information content (AvgIpc) is 3.91. The quantitative estimate of drug-likeness (QED) is 0.186. The van der Waals surface area contributed by atoms with Crippen LogP contribution in [0, 0.1) is 0 Å². The van der Waals surface area contributed by atoms with Crippen LogP contribution in [0.1, 0.15) is 6.85 Å². The maximum Gasteiger partial charge on any atom is 0.164 e. The highest BCUT2D eigenvalue weighted by Crippen LogP contribution is 2.40. The van der Waals surface area contributed by atoms with E-state index in [0.29, 0.717) is 22.5 Å². The number of thiophene rings is 1. The molecule has 0 radical (unpaired) electrons. The Kier molecular flexibility index (Phi) is 5.08. The summed E-state index contributed by atoms with van der Waals surface area (Å²) in [5.41, 5.74) is 5.78. The molecule has 0 unspecified atom stereocenters. The van der Waals surface area contributed by atoms with Gasteiger partial charge in [0.1, 0.15) is 11.2 Å². The molecule has 0 amide bonds. The number of fused-ring (bicyclic) bond motifs is 9. The van der Waals surface area contributed by atoms with Crippen LogP contribution in [0.25, 0.3) is 104 Å². The van der Waals surface area contributed by atoms with Crippen LogP contribution in [-0.2, 0) is 0 Å². The molecule has 238 valence electrons. The molecule has 4 heterocycles. The van der Waals surface area contributed by atoms with Crippen LogP contribution in [0.5, 0.6) is 0 Å². The zero-order valence-electron chi connectivity index (χ0n) is 31.7. The van der Waals surface area contributed by atoms with Crippen molar-refractivity contribution >= 4 is 75.3 Å². The van der Waals surface area contributed by atoms with E-state index in [1.807, 2.05) is 60.7 Å². The maximum atomic E-state index is 8.75. The van der Waals surface area contributed by atoms with Crippen molar-refractivity contribution in [3.05, 3.63) is 158 Å². The summed E-state index contributed by atoms with van der Waals surface area (Å²) in [4.78, 5) is 14.5. The van der Waals surface area contributed by atoms with Crippen molar-refractivity contribution in [2.45, 2.75) is 0 Å². The topological polar surface area (TPSA) is 56.7 Å². The Hall–Kier alpha value is -6.63. The van der Waals surface area contributed by atoms with Crippen LogP contribution in [0.3, 0.4) is 0 Å². The summed E-state index contributed by atoms with van der Waals surface area (Å²) in [7, 11) is 0. The second-order valence-electron chi connectivity index (χ2n) is 12.4. The van der Waals surface area contributed by atoms with Gasteiger partial charge in [0.05, 0.1) is 29.0 Å². The molecule has 4 aromatic heterocycles. The second kappa shape index (κ2) is 10.9. The standard InChI is InChI=1S/C45H26N4OS/c1-2-11-27(12-3-1)43-46-44(48-45(47-43)29-21-23-33-32-15-6-9-20-40(32)51-41(33)26-29)28-22-24-34-39(25-28)50-38-19-10-18-37(42(34)38)49-35-16-7-4-13-30(35)31-14-5-8-17-36(31)49/h1-26H/i1D,2D,3D,11D,12D. The molecule has 11 rings (SSSR count). The number of furan rings is 1. The van der Waals surface area contributed by atoms with E-state index < -0.39 is 18.1 Å². The van der Waals surface area contributed by atoms with Crippen LogP contribution in [0.2, 0.25) is 0 Å². The van der Waals surface area contributed by atoms with Gasteiger partial charge >= 0.3 is 0 Å². The fourth-order valence-electron chi connectivity index (χ4n) is 7.29. The monoisotopic (exact) mass is 675 g/mol. The first-order valence-electron chi connectivity index (χ1n) is 19.0. The molecule has 5 nitrogen and oxygen atoms in total. The molecular weight excluding hydrogens is 645 g/mol. The largest absolute Gasteiger partial charge is 0.456 e. The molecular formula is C45H26N4OS. The number of para-hydroxylation sites is 2. The molecule has 0 N–H and O–H groups in total. The van der Waals surface area contributed by atoms with Gasteiger partial charge in [-0.2, -0.15) is 0 Å². The second-order valence-corrected chi connectivity index (χ2v) is 13.5. The molecule has 0 aliphatic heterocycles. The Morgan fingerprint density at radius 2 is 1.10 bits per heavy atom. The van der Waals surface area contributed by atoms with Gasteiger partial charge in [-0.15, -0.1) is 11.3 Å². The lowest BCUT2D eigenvalue weighted by molar-refractivity contribution is 0.669. The van der Waals surface area contributed by atoms with Crippen LogP contribution >= 0.6 is 11.3 Å². The van der Waals surface area contributed by atoms with E-state index >= 15 is 0 Å². The molecule has 0 atom stereocenters. The molecule has 0 aliphatic carbocycles. The zero-order chi connectivity index (χ0) is 37.8. The lowest BCUT2D eigenvalue weighted by Gasteiger charge is -2.10.